The second kappa shape index (κ2) is 6.12. The van der Waals surface area contributed by atoms with E-state index in [9.17, 15) is 0 Å². The second-order valence-electron chi connectivity index (χ2n) is 6.03. The third kappa shape index (κ3) is 3.32. The fraction of sp³-hybridized carbons (Fsp3) is 0.412. The Bertz CT molecular complexity index is 615. The van der Waals surface area contributed by atoms with E-state index in [0.29, 0.717) is 11.8 Å². The van der Waals surface area contributed by atoms with E-state index in [2.05, 4.69) is 53.5 Å². The molecule has 0 saturated carbocycles. The lowest BCUT2D eigenvalue weighted by Crippen LogP contribution is -2.20. The van der Waals surface area contributed by atoms with Crippen molar-refractivity contribution in [2.45, 2.75) is 26.7 Å². The van der Waals surface area contributed by atoms with Gasteiger partial charge in [-0.2, -0.15) is 5.10 Å². The zero-order valence-electron chi connectivity index (χ0n) is 12.7. The first-order valence-electron chi connectivity index (χ1n) is 7.57. The lowest BCUT2D eigenvalue weighted by molar-refractivity contribution is 0.421. The van der Waals surface area contributed by atoms with Crippen LogP contribution in [-0.2, 0) is 0 Å². The first-order chi connectivity index (χ1) is 10.2. The van der Waals surface area contributed by atoms with E-state index in [1.165, 1.54) is 18.4 Å². The Balaban J connectivity index is 1.70. The summed E-state index contributed by atoms with van der Waals surface area (Å²) in [6.07, 6.45) is 8.16. The summed E-state index contributed by atoms with van der Waals surface area (Å²) < 4.78 is 1.80. The zero-order chi connectivity index (χ0) is 14.7. The van der Waals surface area contributed by atoms with Gasteiger partial charge in [0.25, 0.3) is 0 Å². The fourth-order valence-electron chi connectivity index (χ4n) is 3.25. The molecule has 0 amide bonds. The van der Waals surface area contributed by atoms with Crippen LogP contribution in [0.25, 0.3) is 5.69 Å². The number of para-hydroxylation sites is 2. The van der Waals surface area contributed by atoms with Crippen LogP contribution in [0.3, 0.4) is 0 Å². The Kier molecular flexibility index (Phi) is 4.04. The number of nitrogens with one attached hydrogen (secondary N) is 1. The summed E-state index contributed by atoms with van der Waals surface area (Å²) in [7, 11) is 0. The van der Waals surface area contributed by atoms with Gasteiger partial charge >= 0.3 is 0 Å². The number of allylic oxidation sites excluding steroid dienone is 2. The molecule has 1 aromatic carbocycles. The molecule has 2 atom stereocenters. The van der Waals surface area contributed by atoms with Gasteiger partial charge in [-0.15, -0.1) is 0 Å². The highest BCUT2D eigenvalue weighted by Gasteiger charge is 2.18. The Morgan fingerprint density at radius 1 is 1.33 bits per heavy atom. The largest absolute Gasteiger partial charge is 0.383 e. The number of hydrogen-bond donors (Lipinski definition) is 1. The minimum absolute atomic E-state index is 0.691. The molecule has 21 heavy (non-hydrogen) atoms. The Morgan fingerprint density at radius 3 is 2.95 bits per heavy atom. The maximum Gasteiger partial charge on any atom is 0.138 e. The molecule has 2 unspecified atom stereocenters. The predicted molar refractivity (Wildman–Crippen MR) is 85.5 cm³/mol. The molecule has 0 radical (unpaired) electrons. The minimum atomic E-state index is 0.691. The summed E-state index contributed by atoms with van der Waals surface area (Å²) in [6, 6.07) is 8.24. The highest BCUT2D eigenvalue weighted by atomic mass is 15.3. The van der Waals surface area contributed by atoms with Crippen molar-refractivity contribution in [2.75, 3.05) is 11.9 Å². The summed E-state index contributed by atoms with van der Waals surface area (Å²) >= 11 is 0. The van der Waals surface area contributed by atoms with E-state index >= 15 is 0 Å². The standard InChI is InChI=1S/C17H22N4/c1-13-7-14(2)9-15(8-13)10-19-16-5-3-4-6-17(16)21-12-18-11-20-21/h3-7,11-13,15,19H,8-10H2,1-2H3. The van der Waals surface area contributed by atoms with Gasteiger partial charge in [0.15, 0.2) is 0 Å². The van der Waals surface area contributed by atoms with Crippen LogP contribution in [0.15, 0.2) is 48.6 Å². The van der Waals surface area contributed by atoms with Crippen molar-refractivity contribution in [3.8, 4) is 5.69 Å². The van der Waals surface area contributed by atoms with Gasteiger partial charge in [-0.25, -0.2) is 9.67 Å². The van der Waals surface area contributed by atoms with Gasteiger partial charge in [-0.05, 0) is 43.7 Å². The van der Waals surface area contributed by atoms with Gasteiger partial charge < -0.3 is 5.32 Å². The molecule has 0 spiro atoms. The predicted octanol–water partition coefficient (Wildman–Crippen LogP) is 3.67. The monoisotopic (exact) mass is 282 g/mol. The number of benzene rings is 1. The fourth-order valence-corrected chi connectivity index (χ4v) is 3.25. The van der Waals surface area contributed by atoms with Crippen molar-refractivity contribution in [3.63, 3.8) is 0 Å². The Morgan fingerprint density at radius 2 is 2.19 bits per heavy atom. The molecule has 4 nitrogen and oxygen atoms in total. The molecule has 2 aromatic rings. The molecule has 1 aliphatic carbocycles. The van der Waals surface area contributed by atoms with Crippen molar-refractivity contribution < 1.29 is 0 Å². The molecule has 1 aromatic heterocycles. The number of rotatable bonds is 4. The molecule has 0 fully saturated rings. The molecule has 4 heteroatoms. The third-order valence-electron chi connectivity index (χ3n) is 4.04. The lowest BCUT2D eigenvalue weighted by Gasteiger charge is -2.26. The van der Waals surface area contributed by atoms with E-state index < -0.39 is 0 Å². The highest BCUT2D eigenvalue weighted by Crippen LogP contribution is 2.28. The molecule has 1 heterocycles. The summed E-state index contributed by atoms with van der Waals surface area (Å²) in [4.78, 5) is 4.03. The summed E-state index contributed by atoms with van der Waals surface area (Å²) in [5.41, 5.74) is 3.68. The smallest absolute Gasteiger partial charge is 0.138 e. The van der Waals surface area contributed by atoms with Crippen LogP contribution in [0, 0.1) is 11.8 Å². The molecular formula is C17H22N4. The second-order valence-corrected chi connectivity index (χ2v) is 6.03. The van der Waals surface area contributed by atoms with Crippen molar-refractivity contribution in [2.24, 2.45) is 11.8 Å². The molecule has 3 rings (SSSR count). The van der Waals surface area contributed by atoms with Gasteiger partial charge in [0, 0.05) is 6.54 Å². The topological polar surface area (TPSA) is 42.7 Å². The van der Waals surface area contributed by atoms with Gasteiger partial charge in [0.1, 0.15) is 12.7 Å². The highest BCUT2D eigenvalue weighted by molar-refractivity contribution is 5.60. The van der Waals surface area contributed by atoms with Crippen LogP contribution in [0.4, 0.5) is 5.69 Å². The number of hydrogen-bond acceptors (Lipinski definition) is 3. The van der Waals surface area contributed by atoms with Crippen LogP contribution < -0.4 is 5.32 Å². The average molecular weight is 282 g/mol. The summed E-state index contributed by atoms with van der Waals surface area (Å²) in [6.45, 7) is 5.55. The SMILES string of the molecule is CC1=CC(C)CC(CNc2ccccc2-n2cncn2)C1. The molecule has 110 valence electrons. The molecular weight excluding hydrogens is 260 g/mol. The van der Waals surface area contributed by atoms with Gasteiger partial charge in [-0.1, -0.05) is 30.7 Å². The van der Waals surface area contributed by atoms with Crippen LogP contribution in [0.5, 0.6) is 0 Å². The van der Waals surface area contributed by atoms with Crippen molar-refractivity contribution in [1.29, 1.82) is 0 Å². The van der Waals surface area contributed by atoms with Crippen LogP contribution >= 0.6 is 0 Å². The van der Waals surface area contributed by atoms with E-state index in [-0.39, 0.29) is 0 Å². The normalized spacial score (nSPS) is 21.9. The van der Waals surface area contributed by atoms with E-state index in [0.717, 1.165) is 17.9 Å². The van der Waals surface area contributed by atoms with Gasteiger partial charge in [-0.3, -0.25) is 0 Å². The number of anilines is 1. The number of nitrogens with zero attached hydrogens (tertiary/aromatic N) is 3. The molecule has 0 aliphatic heterocycles. The van der Waals surface area contributed by atoms with Crippen molar-refractivity contribution in [1.82, 2.24) is 14.8 Å². The average Bonchev–Trinajstić information content (AvgIpc) is 2.98. The first-order valence-corrected chi connectivity index (χ1v) is 7.57. The summed E-state index contributed by atoms with van der Waals surface area (Å²) in [5, 5.41) is 7.82. The minimum Gasteiger partial charge on any atom is -0.383 e. The maximum atomic E-state index is 4.22. The third-order valence-corrected chi connectivity index (χ3v) is 4.04. The Hall–Kier alpha value is -2.10. The van der Waals surface area contributed by atoms with E-state index in [1.807, 2.05) is 6.07 Å². The Labute approximate surface area is 125 Å². The first kappa shape index (κ1) is 13.9. The summed E-state index contributed by atoms with van der Waals surface area (Å²) in [5.74, 6) is 1.39. The molecule has 0 bridgehead atoms. The quantitative estimate of drug-likeness (QED) is 0.870. The van der Waals surface area contributed by atoms with Gasteiger partial charge in [0.05, 0.1) is 11.4 Å². The number of aromatic nitrogens is 3. The van der Waals surface area contributed by atoms with Crippen molar-refractivity contribution in [3.05, 3.63) is 48.6 Å². The molecule has 1 N–H and O–H groups in total. The van der Waals surface area contributed by atoms with Crippen LogP contribution in [-0.4, -0.2) is 21.3 Å². The van der Waals surface area contributed by atoms with Gasteiger partial charge in [0.2, 0.25) is 0 Å². The van der Waals surface area contributed by atoms with E-state index in [1.54, 1.807) is 17.3 Å². The van der Waals surface area contributed by atoms with Crippen molar-refractivity contribution >= 4 is 5.69 Å². The lowest BCUT2D eigenvalue weighted by atomic mass is 9.84. The van der Waals surface area contributed by atoms with E-state index in [4.69, 9.17) is 0 Å². The molecule has 0 saturated heterocycles. The molecule has 1 aliphatic rings. The van der Waals surface area contributed by atoms with Crippen LogP contribution in [0.1, 0.15) is 26.7 Å². The van der Waals surface area contributed by atoms with Crippen LogP contribution in [0.2, 0.25) is 0 Å². The zero-order valence-corrected chi connectivity index (χ0v) is 12.7. The maximum absolute atomic E-state index is 4.22.